The van der Waals surface area contributed by atoms with Crippen molar-refractivity contribution in [1.82, 2.24) is 0 Å². The molecule has 0 aromatic heterocycles. The molecule has 0 aromatic carbocycles. The van der Waals surface area contributed by atoms with Gasteiger partial charge in [0, 0.05) is 19.3 Å². The quantitative estimate of drug-likeness (QED) is 0.345. The fraction of sp³-hybridized carbons (Fsp3) is 0.667. The minimum atomic E-state index is -0.175. The van der Waals surface area contributed by atoms with Crippen LogP contribution < -0.4 is 0 Å². The van der Waals surface area contributed by atoms with Crippen molar-refractivity contribution in [3.63, 3.8) is 0 Å². The molecule has 0 rings (SSSR count). The average molecular weight is 314 g/mol. The van der Waals surface area contributed by atoms with Crippen LogP contribution in [-0.4, -0.2) is 13.1 Å². The highest BCUT2D eigenvalue weighted by molar-refractivity contribution is 5.69. The molecule has 0 spiro atoms. The maximum absolute atomic E-state index is 10.9. The van der Waals surface area contributed by atoms with Gasteiger partial charge in [-0.2, -0.15) is 0 Å². The van der Waals surface area contributed by atoms with E-state index in [1.807, 2.05) is 0 Å². The molecule has 0 amide bonds. The van der Waals surface area contributed by atoms with Crippen LogP contribution in [0.15, 0.2) is 0 Å². The van der Waals surface area contributed by atoms with Crippen molar-refractivity contribution < 1.29 is 9.53 Å². The fourth-order valence-corrected chi connectivity index (χ4v) is 1.93. The Kier molecular flexibility index (Phi) is 16.7. The molecule has 2 nitrogen and oxygen atoms in total. The lowest BCUT2D eigenvalue weighted by Gasteiger charge is -1.96. The Bertz CT molecular complexity index is 471. The lowest BCUT2D eigenvalue weighted by atomic mass is 10.1. The summed E-state index contributed by atoms with van der Waals surface area (Å²) in [6.45, 7) is 2.24. The Labute approximate surface area is 142 Å². The maximum Gasteiger partial charge on any atom is 0.305 e. The van der Waals surface area contributed by atoms with Gasteiger partial charge in [0.15, 0.2) is 0 Å². The fourth-order valence-electron chi connectivity index (χ4n) is 1.93. The summed E-state index contributed by atoms with van der Waals surface area (Å²) >= 11 is 0. The third kappa shape index (κ3) is 18.1. The van der Waals surface area contributed by atoms with Crippen LogP contribution in [-0.2, 0) is 9.53 Å². The first kappa shape index (κ1) is 21.1. The van der Waals surface area contributed by atoms with Gasteiger partial charge in [-0.3, -0.25) is 4.79 Å². The van der Waals surface area contributed by atoms with Crippen LogP contribution in [0.2, 0.25) is 0 Å². The van der Waals surface area contributed by atoms with E-state index in [9.17, 15) is 4.79 Å². The highest BCUT2D eigenvalue weighted by Gasteiger charge is 1.96. The number of carbonyl (C=O) groups excluding carboxylic acids is 1. The number of hydrogen-bond donors (Lipinski definition) is 0. The van der Waals surface area contributed by atoms with Crippen molar-refractivity contribution >= 4 is 5.97 Å². The first-order valence-electron chi connectivity index (χ1n) is 8.75. The van der Waals surface area contributed by atoms with Gasteiger partial charge in [-0.05, 0) is 12.8 Å². The summed E-state index contributed by atoms with van der Waals surface area (Å²) in [7, 11) is 1.40. The average Bonchev–Trinajstić information content (AvgIpc) is 2.57. The minimum absolute atomic E-state index is 0.175. The van der Waals surface area contributed by atoms with Gasteiger partial charge in [0.25, 0.3) is 0 Å². The zero-order valence-corrected chi connectivity index (χ0v) is 14.8. The van der Waals surface area contributed by atoms with Gasteiger partial charge in [-0.1, -0.05) is 62.7 Å². The Morgan fingerprint density at radius 2 is 1.26 bits per heavy atom. The Balaban J connectivity index is 3.46. The monoisotopic (exact) mass is 314 g/mol. The van der Waals surface area contributed by atoms with E-state index < -0.39 is 0 Å². The molecule has 0 aliphatic carbocycles. The van der Waals surface area contributed by atoms with Crippen LogP contribution in [0, 0.1) is 35.5 Å². The van der Waals surface area contributed by atoms with Crippen LogP contribution in [0.4, 0.5) is 0 Å². The van der Waals surface area contributed by atoms with Crippen LogP contribution in [0.25, 0.3) is 0 Å². The SMILES string of the molecule is CCCCCCCCC#CCC#CCC#CCCCC(=O)OC. The Morgan fingerprint density at radius 3 is 1.87 bits per heavy atom. The smallest absolute Gasteiger partial charge is 0.305 e. The number of unbranched alkanes of at least 4 members (excludes halogenated alkanes) is 7. The Hall–Kier alpha value is -1.85. The molecule has 0 N–H and O–H groups in total. The van der Waals surface area contributed by atoms with Crippen LogP contribution in [0.3, 0.4) is 0 Å². The predicted molar refractivity (Wildman–Crippen MR) is 96.4 cm³/mol. The highest BCUT2D eigenvalue weighted by atomic mass is 16.5. The lowest BCUT2D eigenvalue weighted by Crippen LogP contribution is -1.98. The van der Waals surface area contributed by atoms with Gasteiger partial charge in [-0.25, -0.2) is 0 Å². The molecule has 23 heavy (non-hydrogen) atoms. The van der Waals surface area contributed by atoms with Gasteiger partial charge < -0.3 is 4.74 Å². The molecule has 126 valence electrons. The van der Waals surface area contributed by atoms with Crippen molar-refractivity contribution in [3.05, 3.63) is 0 Å². The molecule has 0 radical (unpaired) electrons. The largest absolute Gasteiger partial charge is 0.469 e. The van der Waals surface area contributed by atoms with Crippen molar-refractivity contribution in [1.29, 1.82) is 0 Å². The number of methoxy groups -OCH3 is 1. The number of carbonyl (C=O) groups is 1. The molecule has 0 unspecified atom stereocenters. The third-order valence-electron chi connectivity index (χ3n) is 3.29. The third-order valence-corrected chi connectivity index (χ3v) is 3.29. The number of hydrogen-bond acceptors (Lipinski definition) is 2. The van der Waals surface area contributed by atoms with E-state index in [2.05, 4.69) is 47.2 Å². The maximum atomic E-state index is 10.9. The normalized spacial score (nSPS) is 8.78. The molecule has 2 heteroatoms. The van der Waals surface area contributed by atoms with Crippen LogP contribution in [0.5, 0.6) is 0 Å². The summed E-state index contributed by atoms with van der Waals surface area (Å²) in [5, 5.41) is 0. The predicted octanol–water partition coefficient (Wildman–Crippen LogP) is 4.87. The second-order valence-corrected chi connectivity index (χ2v) is 5.36. The summed E-state index contributed by atoms with van der Waals surface area (Å²) in [6.07, 6.45) is 12.0. The van der Waals surface area contributed by atoms with Gasteiger partial charge in [0.05, 0.1) is 20.0 Å². The number of ether oxygens (including phenoxy) is 1. The van der Waals surface area contributed by atoms with Gasteiger partial charge >= 0.3 is 5.97 Å². The molecule has 0 bridgehead atoms. The zero-order valence-electron chi connectivity index (χ0n) is 14.8. The Morgan fingerprint density at radius 1 is 0.739 bits per heavy atom. The molecule has 0 aromatic rings. The summed E-state index contributed by atoms with van der Waals surface area (Å²) in [5.41, 5.74) is 0. The van der Waals surface area contributed by atoms with Crippen molar-refractivity contribution in [3.8, 4) is 35.5 Å². The summed E-state index contributed by atoms with van der Waals surface area (Å²) in [6, 6.07) is 0. The molecular weight excluding hydrogens is 284 g/mol. The molecule has 0 saturated heterocycles. The van der Waals surface area contributed by atoms with E-state index in [-0.39, 0.29) is 5.97 Å². The second kappa shape index (κ2) is 18.2. The molecule has 0 fully saturated rings. The molecule has 0 aliphatic rings. The second-order valence-electron chi connectivity index (χ2n) is 5.36. The highest BCUT2D eigenvalue weighted by Crippen LogP contribution is 2.06. The van der Waals surface area contributed by atoms with E-state index in [1.165, 1.54) is 45.6 Å². The van der Waals surface area contributed by atoms with E-state index in [0.717, 1.165) is 19.3 Å². The molecule has 0 aliphatic heterocycles. The summed E-state index contributed by atoms with van der Waals surface area (Å²) in [4.78, 5) is 10.9. The van der Waals surface area contributed by atoms with Crippen molar-refractivity contribution in [2.75, 3.05) is 7.11 Å². The first-order chi connectivity index (χ1) is 11.3. The van der Waals surface area contributed by atoms with E-state index in [4.69, 9.17) is 0 Å². The zero-order chi connectivity index (χ0) is 17.0. The van der Waals surface area contributed by atoms with Crippen LogP contribution >= 0.6 is 0 Å². The lowest BCUT2D eigenvalue weighted by molar-refractivity contribution is -0.140. The molecule has 0 heterocycles. The first-order valence-corrected chi connectivity index (χ1v) is 8.75. The van der Waals surface area contributed by atoms with Crippen LogP contribution in [0.1, 0.15) is 84.0 Å². The topological polar surface area (TPSA) is 26.3 Å². The van der Waals surface area contributed by atoms with Gasteiger partial charge in [0.1, 0.15) is 0 Å². The standard InChI is InChI=1S/C21H30O2/c1-3-4-5-6-7-8-9-10-11-12-13-14-15-16-17-18-19-20-21(22)23-2/h3-9,12,15,18-20H2,1-2H3. The summed E-state index contributed by atoms with van der Waals surface area (Å²) in [5.74, 6) is 18.1. The van der Waals surface area contributed by atoms with Crippen molar-refractivity contribution in [2.45, 2.75) is 84.0 Å². The number of esters is 1. The molecule has 0 saturated carbocycles. The summed E-state index contributed by atoms with van der Waals surface area (Å²) < 4.78 is 4.56. The van der Waals surface area contributed by atoms with Gasteiger partial charge in [0.2, 0.25) is 0 Å². The van der Waals surface area contributed by atoms with E-state index in [1.54, 1.807) is 0 Å². The van der Waals surface area contributed by atoms with Crippen molar-refractivity contribution in [2.24, 2.45) is 0 Å². The molecule has 0 atom stereocenters. The van der Waals surface area contributed by atoms with Gasteiger partial charge in [-0.15, -0.1) is 11.8 Å². The van der Waals surface area contributed by atoms with E-state index >= 15 is 0 Å². The van der Waals surface area contributed by atoms with E-state index in [0.29, 0.717) is 19.3 Å². The number of rotatable bonds is 9. The molecular formula is C21H30O2. The minimum Gasteiger partial charge on any atom is -0.469 e.